The fraction of sp³-hybridized carbons (Fsp3) is 0.560. The maximum absolute atomic E-state index is 12.8. The van der Waals surface area contributed by atoms with Crippen molar-refractivity contribution in [2.24, 2.45) is 11.8 Å². The Hall–Kier alpha value is -2.16. The Morgan fingerprint density at radius 3 is 2.70 bits per heavy atom. The van der Waals surface area contributed by atoms with E-state index in [-0.39, 0.29) is 37.1 Å². The number of esters is 1. The molecule has 3 N–H and O–H groups in total. The number of carbonyl (C=O) groups is 1. The van der Waals surface area contributed by atoms with Gasteiger partial charge < -0.3 is 20.1 Å². The second-order valence-electron chi connectivity index (χ2n) is 8.48. The number of aliphatic hydroxyl groups is 3. The molecule has 1 aliphatic rings. The molecule has 5 nitrogen and oxygen atoms in total. The van der Waals surface area contributed by atoms with Crippen LogP contribution in [0.3, 0.4) is 0 Å². The molecule has 0 bridgehead atoms. The van der Waals surface area contributed by atoms with Gasteiger partial charge in [-0.15, -0.1) is 0 Å². The number of halogens is 3. The largest absolute Gasteiger partial charge is 0.469 e. The lowest BCUT2D eigenvalue weighted by Gasteiger charge is -2.19. The van der Waals surface area contributed by atoms with Crippen molar-refractivity contribution in [1.29, 1.82) is 0 Å². The number of carbonyl (C=O) groups excluding carboxylic acids is 1. The predicted molar refractivity (Wildman–Crippen MR) is 118 cm³/mol. The zero-order chi connectivity index (χ0) is 24.4. The van der Waals surface area contributed by atoms with E-state index in [1.165, 1.54) is 13.2 Å². The zero-order valence-electron chi connectivity index (χ0n) is 18.7. The fourth-order valence-corrected chi connectivity index (χ4v) is 4.11. The molecule has 0 radical (unpaired) electrons. The van der Waals surface area contributed by atoms with Gasteiger partial charge in [0.15, 0.2) is 0 Å². The van der Waals surface area contributed by atoms with Crippen LogP contribution in [0.2, 0.25) is 0 Å². The molecule has 0 aromatic heterocycles. The zero-order valence-corrected chi connectivity index (χ0v) is 18.7. The normalized spacial score (nSPS) is 24.6. The van der Waals surface area contributed by atoms with Gasteiger partial charge >= 0.3 is 12.1 Å². The predicted octanol–water partition coefficient (Wildman–Crippen LogP) is 4.20. The fourth-order valence-electron chi connectivity index (χ4n) is 4.11. The van der Waals surface area contributed by atoms with Crippen LogP contribution in [0.4, 0.5) is 13.2 Å². The third-order valence-corrected chi connectivity index (χ3v) is 6.01. The van der Waals surface area contributed by atoms with Gasteiger partial charge in [-0.25, -0.2) is 0 Å². The second-order valence-corrected chi connectivity index (χ2v) is 8.48. The van der Waals surface area contributed by atoms with Crippen LogP contribution in [0, 0.1) is 11.8 Å². The molecule has 1 saturated carbocycles. The minimum atomic E-state index is -4.40. The van der Waals surface area contributed by atoms with Crippen molar-refractivity contribution in [2.45, 2.75) is 69.4 Å². The van der Waals surface area contributed by atoms with Crippen LogP contribution in [-0.2, 0) is 22.1 Å². The summed E-state index contributed by atoms with van der Waals surface area (Å²) in [4.78, 5) is 11.1. The van der Waals surface area contributed by atoms with Gasteiger partial charge in [0.05, 0.1) is 31.0 Å². The van der Waals surface area contributed by atoms with Gasteiger partial charge in [0, 0.05) is 18.8 Å². The third-order valence-electron chi connectivity index (χ3n) is 6.01. The van der Waals surface area contributed by atoms with Crippen LogP contribution in [-0.4, -0.2) is 46.7 Å². The lowest BCUT2D eigenvalue weighted by Crippen LogP contribution is -2.20. The first-order valence-corrected chi connectivity index (χ1v) is 11.2. The third kappa shape index (κ3) is 8.95. The van der Waals surface area contributed by atoms with Gasteiger partial charge in [-0.3, -0.25) is 4.79 Å². The SMILES string of the molecule is COC(=O)CCC/C=C\C[C@@H]1[C@@H](/C=C/[C@@H](O)CCc2cccc(C(F)(F)F)c2)[C@H](O)C[C@@H]1O. The summed E-state index contributed by atoms with van der Waals surface area (Å²) in [6.45, 7) is 0. The molecule has 184 valence electrons. The molecule has 1 aromatic rings. The van der Waals surface area contributed by atoms with Crippen LogP contribution < -0.4 is 0 Å². The Morgan fingerprint density at radius 2 is 2.00 bits per heavy atom. The average Bonchev–Trinajstić information content (AvgIpc) is 3.04. The van der Waals surface area contributed by atoms with Crippen LogP contribution >= 0.6 is 0 Å². The molecule has 33 heavy (non-hydrogen) atoms. The van der Waals surface area contributed by atoms with Gasteiger partial charge in [0.1, 0.15) is 0 Å². The number of aryl methyl sites for hydroxylation is 1. The Labute approximate surface area is 192 Å². The number of unbranched alkanes of at least 4 members (excludes halogenated alkanes) is 1. The highest BCUT2D eigenvalue weighted by molar-refractivity contribution is 5.69. The minimum absolute atomic E-state index is 0.205. The molecule has 2 rings (SSSR count). The van der Waals surface area contributed by atoms with E-state index in [1.807, 2.05) is 12.2 Å². The summed E-state index contributed by atoms with van der Waals surface area (Å²) in [6, 6.07) is 5.04. The molecule has 0 spiro atoms. The number of aliphatic hydroxyl groups excluding tert-OH is 3. The van der Waals surface area contributed by atoms with Gasteiger partial charge in [-0.1, -0.05) is 42.5 Å². The number of ether oxygens (including phenoxy) is 1. The first kappa shape index (κ1) is 27.1. The topological polar surface area (TPSA) is 87.0 Å². The highest BCUT2D eigenvalue weighted by Crippen LogP contribution is 2.36. The van der Waals surface area contributed by atoms with Gasteiger partial charge in [-0.05, 0) is 49.7 Å². The van der Waals surface area contributed by atoms with E-state index in [1.54, 1.807) is 18.2 Å². The smallest absolute Gasteiger partial charge is 0.416 e. The van der Waals surface area contributed by atoms with Crippen LogP contribution in [0.25, 0.3) is 0 Å². The van der Waals surface area contributed by atoms with E-state index in [0.717, 1.165) is 12.1 Å². The minimum Gasteiger partial charge on any atom is -0.469 e. The first-order chi connectivity index (χ1) is 15.6. The average molecular weight is 471 g/mol. The molecule has 5 atom stereocenters. The van der Waals surface area contributed by atoms with E-state index >= 15 is 0 Å². The number of methoxy groups -OCH3 is 1. The number of rotatable bonds is 11. The first-order valence-electron chi connectivity index (χ1n) is 11.2. The van der Waals surface area contributed by atoms with E-state index < -0.39 is 30.1 Å². The standard InChI is InChI=1S/C25H33F3O5/c1-33-24(32)10-5-3-2-4-9-20-21(23(31)16-22(20)30)14-13-19(29)12-11-17-7-6-8-18(15-17)25(26,27)28/h2,4,6-8,13-15,19-23,29-31H,3,5,9-12,16H2,1H3/b4-2-,14-13+/t19-,20+,21+,22-,23+/m0/s1. The van der Waals surface area contributed by atoms with Crippen LogP contribution in [0.1, 0.15) is 49.7 Å². The molecule has 8 heteroatoms. The number of hydrogen-bond donors (Lipinski definition) is 3. The number of allylic oxidation sites excluding steroid dienone is 2. The number of benzene rings is 1. The highest BCUT2D eigenvalue weighted by Gasteiger charge is 2.39. The summed E-state index contributed by atoms with van der Waals surface area (Å²) in [5, 5.41) is 30.9. The maximum Gasteiger partial charge on any atom is 0.416 e. The van der Waals surface area contributed by atoms with Crippen molar-refractivity contribution < 1.29 is 38.0 Å². The number of alkyl halides is 3. The van der Waals surface area contributed by atoms with E-state index in [9.17, 15) is 33.3 Å². The van der Waals surface area contributed by atoms with Crippen molar-refractivity contribution >= 4 is 5.97 Å². The summed E-state index contributed by atoms with van der Waals surface area (Å²) < 4.78 is 43.1. The highest BCUT2D eigenvalue weighted by atomic mass is 19.4. The van der Waals surface area contributed by atoms with Crippen molar-refractivity contribution in [3.8, 4) is 0 Å². The molecule has 0 amide bonds. The Bertz CT molecular complexity index is 805. The summed E-state index contributed by atoms with van der Waals surface area (Å²) in [5.74, 6) is -0.791. The summed E-state index contributed by atoms with van der Waals surface area (Å²) in [5.41, 5.74) is -0.224. The molecular formula is C25H33F3O5. The molecule has 0 aliphatic heterocycles. The van der Waals surface area contributed by atoms with E-state index in [0.29, 0.717) is 31.2 Å². The molecule has 1 fully saturated rings. The van der Waals surface area contributed by atoms with Crippen molar-refractivity contribution in [3.63, 3.8) is 0 Å². The molecule has 1 aliphatic carbocycles. The summed E-state index contributed by atoms with van der Waals surface area (Å²) >= 11 is 0. The molecule has 0 saturated heterocycles. The molecular weight excluding hydrogens is 437 g/mol. The lowest BCUT2D eigenvalue weighted by molar-refractivity contribution is -0.140. The number of hydrogen-bond acceptors (Lipinski definition) is 5. The Balaban J connectivity index is 1.86. The second kappa shape index (κ2) is 12.9. The van der Waals surface area contributed by atoms with Crippen molar-refractivity contribution in [3.05, 3.63) is 59.7 Å². The molecule has 1 aromatic carbocycles. The van der Waals surface area contributed by atoms with Crippen LogP contribution in [0.15, 0.2) is 48.6 Å². The van der Waals surface area contributed by atoms with Crippen LogP contribution in [0.5, 0.6) is 0 Å². The van der Waals surface area contributed by atoms with Gasteiger partial charge in [0.2, 0.25) is 0 Å². The van der Waals surface area contributed by atoms with Crippen molar-refractivity contribution in [1.82, 2.24) is 0 Å². The lowest BCUT2D eigenvalue weighted by atomic mass is 9.89. The molecule has 0 heterocycles. The summed E-state index contributed by atoms with van der Waals surface area (Å²) in [7, 11) is 1.35. The maximum atomic E-state index is 12.8. The van der Waals surface area contributed by atoms with E-state index in [2.05, 4.69) is 4.74 Å². The summed E-state index contributed by atoms with van der Waals surface area (Å²) in [6.07, 6.45) is 3.46. The Morgan fingerprint density at radius 1 is 1.24 bits per heavy atom. The monoisotopic (exact) mass is 470 g/mol. The quantitative estimate of drug-likeness (QED) is 0.256. The van der Waals surface area contributed by atoms with Gasteiger partial charge in [0.25, 0.3) is 0 Å². The van der Waals surface area contributed by atoms with E-state index in [4.69, 9.17) is 0 Å². The molecule has 0 unspecified atom stereocenters. The van der Waals surface area contributed by atoms with Crippen molar-refractivity contribution in [2.75, 3.05) is 7.11 Å². The van der Waals surface area contributed by atoms with Gasteiger partial charge in [-0.2, -0.15) is 13.2 Å². The Kier molecular flexibility index (Phi) is 10.6.